The van der Waals surface area contributed by atoms with Crippen molar-refractivity contribution in [1.29, 1.82) is 0 Å². The quantitative estimate of drug-likeness (QED) is 0.598. The fourth-order valence-electron chi connectivity index (χ4n) is 2.38. The van der Waals surface area contributed by atoms with Gasteiger partial charge in [0.1, 0.15) is 6.10 Å². The first-order chi connectivity index (χ1) is 8.21. The maximum atomic E-state index is 10.6. The summed E-state index contributed by atoms with van der Waals surface area (Å²) in [4.78, 5) is 10.2. The zero-order valence-corrected chi connectivity index (χ0v) is 11.0. The van der Waals surface area contributed by atoms with Gasteiger partial charge in [0.25, 0.3) is 5.69 Å². The molecule has 0 spiro atoms. The van der Waals surface area contributed by atoms with Crippen LogP contribution in [0.1, 0.15) is 39.4 Å². The summed E-state index contributed by atoms with van der Waals surface area (Å²) >= 11 is 0. The van der Waals surface area contributed by atoms with Gasteiger partial charge in [-0.15, -0.1) is 0 Å². The minimum absolute atomic E-state index is 0.0785. The summed E-state index contributed by atoms with van der Waals surface area (Å²) < 4.78 is 11.7. The Hall–Kier alpha value is -1.46. The van der Waals surface area contributed by atoms with Gasteiger partial charge in [0.05, 0.1) is 10.5 Å². The number of nitro groups is 1. The van der Waals surface area contributed by atoms with Gasteiger partial charge in [-0.05, 0) is 45.4 Å². The molecule has 0 amide bonds. The van der Waals surface area contributed by atoms with E-state index in [4.69, 9.17) is 9.47 Å². The van der Waals surface area contributed by atoms with Gasteiger partial charge >= 0.3 is 0 Å². The summed E-state index contributed by atoms with van der Waals surface area (Å²) in [7, 11) is 0. The average molecular weight is 251 g/mol. The highest BCUT2D eigenvalue weighted by Crippen LogP contribution is 2.45. The van der Waals surface area contributed by atoms with Gasteiger partial charge in [-0.25, -0.2) is 0 Å². The van der Waals surface area contributed by atoms with Crippen molar-refractivity contribution in [3.8, 4) is 0 Å². The summed E-state index contributed by atoms with van der Waals surface area (Å²) in [5.41, 5.74) is 0.505. The molecule has 98 valence electrons. The first kappa shape index (κ1) is 13.0. The van der Waals surface area contributed by atoms with Crippen LogP contribution in [0.2, 0.25) is 0 Å². The van der Waals surface area contributed by atoms with Gasteiger partial charge in [-0.3, -0.25) is 10.1 Å². The molecule has 0 unspecified atom stereocenters. The Kier molecular flexibility index (Phi) is 2.91. The fraction of sp³-hybridized carbons (Fsp3) is 0.538. The second-order valence-corrected chi connectivity index (χ2v) is 5.45. The van der Waals surface area contributed by atoms with Crippen LogP contribution in [0.5, 0.6) is 0 Å². The molecule has 1 atom stereocenters. The smallest absolute Gasteiger partial charge is 0.269 e. The standard InChI is InChI=1S/C13H17NO4/c1-12(2)11(17-13(3,4)18-12)9-5-7-10(8-6-9)14(15)16/h5-8,11H,1-4H3/t11-/m1/s1. The number of non-ortho nitro benzene ring substituents is 1. The summed E-state index contributed by atoms with van der Waals surface area (Å²) in [6, 6.07) is 6.41. The summed E-state index contributed by atoms with van der Waals surface area (Å²) in [5, 5.41) is 10.6. The molecule has 1 aromatic rings. The molecule has 2 rings (SSSR count). The molecule has 0 bridgehead atoms. The Balaban J connectivity index is 2.29. The number of nitrogens with zero attached hydrogens (tertiary/aromatic N) is 1. The van der Waals surface area contributed by atoms with E-state index in [0.717, 1.165) is 5.56 Å². The van der Waals surface area contributed by atoms with E-state index in [1.807, 2.05) is 27.7 Å². The van der Waals surface area contributed by atoms with E-state index in [-0.39, 0.29) is 11.8 Å². The lowest BCUT2D eigenvalue weighted by molar-refractivity contribution is -0.384. The van der Waals surface area contributed by atoms with Crippen LogP contribution in [0.3, 0.4) is 0 Å². The largest absolute Gasteiger partial charge is 0.342 e. The third kappa shape index (κ3) is 2.37. The molecule has 5 heteroatoms. The van der Waals surface area contributed by atoms with Crippen LogP contribution in [0.25, 0.3) is 0 Å². The maximum absolute atomic E-state index is 10.6. The third-order valence-electron chi connectivity index (χ3n) is 2.95. The van der Waals surface area contributed by atoms with E-state index >= 15 is 0 Å². The van der Waals surface area contributed by atoms with Gasteiger partial charge in [0.2, 0.25) is 0 Å². The predicted molar refractivity (Wildman–Crippen MR) is 66.2 cm³/mol. The van der Waals surface area contributed by atoms with E-state index in [9.17, 15) is 10.1 Å². The van der Waals surface area contributed by atoms with Crippen LogP contribution in [-0.4, -0.2) is 16.3 Å². The monoisotopic (exact) mass is 251 g/mol. The predicted octanol–water partition coefficient (Wildman–Crippen LogP) is 3.20. The number of hydrogen-bond donors (Lipinski definition) is 0. The van der Waals surface area contributed by atoms with Gasteiger partial charge in [-0.2, -0.15) is 0 Å². The highest BCUT2D eigenvalue weighted by Gasteiger charge is 2.47. The van der Waals surface area contributed by atoms with Gasteiger partial charge in [0.15, 0.2) is 5.79 Å². The molecule has 1 aliphatic heterocycles. The molecule has 1 aromatic carbocycles. The van der Waals surface area contributed by atoms with E-state index in [0.29, 0.717) is 0 Å². The minimum atomic E-state index is -0.643. The number of nitro benzene ring substituents is 1. The molecule has 1 saturated heterocycles. The lowest BCUT2D eigenvalue weighted by Crippen LogP contribution is -2.28. The first-order valence-corrected chi connectivity index (χ1v) is 5.84. The molecule has 18 heavy (non-hydrogen) atoms. The second-order valence-electron chi connectivity index (χ2n) is 5.45. The van der Waals surface area contributed by atoms with Crippen LogP contribution in [-0.2, 0) is 9.47 Å². The molecule has 5 nitrogen and oxygen atoms in total. The number of hydrogen-bond acceptors (Lipinski definition) is 4. The molecule has 1 aliphatic rings. The zero-order valence-electron chi connectivity index (χ0n) is 11.0. The minimum Gasteiger partial charge on any atom is -0.342 e. The molecule has 0 radical (unpaired) electrons. The van der Waals surface area contributed by atoms with Crippen LogP contribution >= 0.6 is 0 Å². The Morgan fingerprint density at radius 1 is 1.17 bits per heavy atom. The molecular formula is C13H17NO4. The van der Waals surface area contributed by atoms with Gasteiger partial charge in [-0.1, -0.05) is 0 Å². The first-order valence-electron chi connectivity index (χ1n) is 5.84. The fourth-order valence-corrected chi connectivity index (χ4v) is 2.38. The van der Waals surface area contributed by atoms with Crippen LogP contribution in [0.4, 0.5) is 5.69 Å². The highest BCUT2D eigenvalue weighted by atomic mass is 16.8. The molecule has 0 aromatic heterocycles. The van der Waals surface area contributed by atoms with E-state index in [1.54, 1.807) is 12.1 Å². The van der Waals surface area contributed by atoms with Crippen molar-refractivity contribution in [2.45, 2.75) is 45.2 Å². The Bertz CT molecular complexity index is 464. The molecular weight excluding hydrogens is 234 g/mol. The normalized spacial score (nSPS) is 25.0. The SMILES string of the molecule is CC1(C)O[C@H](c2ccc([N+](=O)[O-])cc2)C(C)(C)O1. The topological polar surface area (TPSA) is 61.6 Å². The third-order valence-corrected chi connectivity index (χ3v) is 2.95. The molecule has 0 aliphatic carbocycles. The molecule has 1 heterocycles. The van der Waals surface area contributed by atoms with E-state index in [1.165, 1.54) is 12.1 Å². The maximum Gasteiger partial charge on any atom is 0.269 e. The number of ether oxygens (including phenoxy) is 2. The number of rotatable bonds is 2. The summed E-state index contributed by atoms with van der Waals surface area (Å²) in [5.74, 6) is -0.643. The Morgan fingerprint density at radius 3 is 2.11 bits per heavy atom. The van der Waals surface area contributed by atoms with Gasteiger partial charge in [0, 0.05) is 12.1 Å². The molecule has 0 saturated carbocycles. The Labute approximate surface area is 106 Å². The average Bonchev–Trinajstić information content (AvgIpc) is 2.47. The van der Waals surface area contributed by atoms with Crippen molar-refractivity contribution >= 4 is 5.69 Å². The Morgan fingerprint density at radius 2 is 1.72 bits per heavy atom. The van der Waals surface area contributed by atoms with Crippen LogP contribution < -0.4 is 0 Å². The van der Waals surface area contributed by atoms with Crippen molar-refractivity contribution < 1.29 is 14.4 Å². The second kappa shape index (κ2) is 4.03. The summed E-state index contributed by atoms with van der Waals surface area (Å²) in [6.45, 7) is 7.63. The van der Waals surface area contributed by atoms with Gasteiger partial charge < -0.3 is 9.47 Å². The summed E-state index contributed by atoms with van der Waals surface area (Å²) in [6.07, 6.45) is -0.228. The lowest BCUT2D eigenvalue weighted by atomic mass is 9.95. The van der Waals surface area contributed by atoms with Crippen LogP contribution in [0, 0.1) is 10.1 Å². The zero-order chi connectivity index (χ0) is 13.6. The molecule has 1 fully saturated rings. The van der Waals surface area contributed by atoms with Crippen molar-refractivity contribution in [2.24, 2.45) is 0 Å². The van der Waals surface area contributed by atoms with E-state index in [2.05, 4.69) is 0 Å². The van der Waals surface area contributed by atoms with E-state index < -0.39 is 16.3 Å². The molecule has 0 N–H and O–H groups in total. The van der Waals surface area contributed by atoms with Crippen molar-refractivity contribution in [2.75, 3.05) is 0 Å². The van der Waals surface area contributed by atoms with Crippen molar-refractivity contribution in [1.82, 2.24) is 0 Å². The van der Waals surface area contributed by atoms with Crippen molar-refractivity contribution in [3.63, 3.8) is 0 Å². The number of benzene rings is 1. The highest BCUT2D eigenvalue weighted by molar-refractivity contribution is 5.34. The van der Waals surface area contributed by atoms with Crippen LogP contribution in [0.15, 0.2) is 24.3 Å². The van der Waals surface area contributed by atoms with Crippen molar-refractivity contribution in [3.05, 3.63) is 39.9 Å². The lowest BCUT2D eigenvalue weighted by Gasteiger charge is -2.24.